The highest BCUT2D eigenvalue weighted by molar-refractivity contribution is 6.20. The Bertz CT molecular complexity index is 532. The smallest absolute Gasteiger partial charge is 0.0664 e. The number of hydrogen-bond acceptors (Lipinski definition) is 1. The van der Waals surface area contributed by atoms with Crippen LogP contribution in [0.15, 0.2) is 24.5 Å². The summed E-state index contributed by atoms with van der Waals surface area (Å²) in [5, 5.41) is 4.38. The first kappa shape index (κ1) is 13.2. The summed E-state index contributed by atoms with van der Waals surface area (Å²) >= 11 is 6.05. The van der Waals surface area contributed by atoms with Crippen LogP contribution in [0.5, 0.6) is 0 Å². The van der Waals surface area contributed by atoms with Crippen molar-refractivity contribution < 1.29 is 0 Å². The average Bonchev–Trinajstić information content (AvgIpc) is 2.71. The van der Waals surface area contributed by atoms with Gasteiger partial charge in [-0.1, -0.05) is 17.7 Å². The number of benzene rings is 1. The lowest BCUT2D eigenvalue weighted by Crippen LogP contribution is -2.04. The second-order valence-electron chi connectivity index (χ2n) is 4.96. The molecule has 0 radical (unpaired) electrons. The van der Waals surface area contributed by atoms with E-state index in [1.807, 2.05) is 24.0 Å². The number of nitrogens with zero attached hydrogens (tertiary/aromatic N) is 2. The third-order valence-corrected chi connectivity index (χ3v) is 3.52. The van der Waals surface area contributed by atoms with Gasteiger partial charge in [-0.05, 0) is 44.4 Å². The third kappa shape index (κ3) is 2.75. The number of halogens is 1. The normalized spacial score (nSPS) is 12.7. The zero-order valence-corrected chi connectivity index (χ0v) is 12.1. The van der Waals surface area contributed by atoms with E-state index in [2.05, 4.69) is 38.0 Å². The zero-order valence-electron chi connectivity index (χ0n) is 11.4. The summed E-state index contributed by atoms with van der Waals surface area (Å²) in [6, 6.07) is 4.44. The molecule has 18 heavy (non-hydrogen) atoms. The Kier molecular flexibility index (Phi) is 3.76. The Morgan fingerprint density at radius 2 is 1.83 bits per heavy atom. The maximum absolute atomic E-state index is 6.05. The molecule has 0 N–H and O–H groups in total. The Labute approximate surface area is 114 Å². The quantitative estimate of drug-likeness (QED) is 0.760. The molecule has 0 aliphatic carbocycles. The summed E-state index contributed by atoms with van der Waals surface area (Å²) in [5.74, 6) is 0. The van der Waals surface area contributed by atoms with E-state index in [0.717, 1.165) is 12.1 Å². The summed E-state index contributed by atoms with van der Waals surface area (Å²) in [4.78, 5) is 0. The maximum Gasteiger partial charge on any atom is 0.0664 e. The zero-order chi connectivity index (χ0) is 13.3. The van der Waals surface area contributed by atoms with Crippen LogP contribution >= 0.6 is 11.6 Å². The van der Waals surface area contributed by atoms with E-state index in [4.69, 9.17) is 11.6 Å². The minimum atomic E-state index is 0.0129. The molecule has 0 aliphatic heterocycles. The maximum atomic E-state index is 6.05. The molecule has 1 atom stereocenters. The molecule has 96 valence electrons. The third-order valence-electron chi connectivity index (χ3n) is 3.27. The van der Waals surface area contributed by atoms with Crippen LogP contribution in [0, 0.1) is 20.8 Å². The molecule has 1 aromatic heterocycles. The molecule has 0 aliphatic rings. The van der Waals surface area contributed by atoms with Crippen molar-refractivity contribution in [2.75, 3.05) is 0 Å². The van der Waals surface area contributed by atoms with E-state index in [-0.39, 0.29) is 5.38 Å². The second-order valence-corrected chi connectivity index (χ2v) is 5.62. The van der Waals surface area contributed by atoms with E-state index < -0.39 is 0 Å². The van der Waals surface area contributed by atoms with Crippen LogP contribution in [-0.4, -0.2) is 9.78 Å². The standard InChI is InChI=1S/C15H19ClN2/c1-10-5-11(2)15(12(3)6-10)9-18-8-14(7-17-18)13(4)16/h5-8,13H,9H2,1-4H3. The fourth-order valence-corrected chi connectivity index (χ4v) is 2.41. The van der Waals surface area contributed by atoms with Gasteiger partial charge in [-0.3, -0.25) is 4.68 Å². The van der Waals surface area contributed by atoms with E-state index in [1.54, 1.807) is 0 Å². The minimum absolute atomic E-state index is 0.0129. The van der Waals surface area contributed by atoms with Crippen LogP contribution in [-0.2, 0) is 6.54 Å². The molecule has 1 unspecified atom stereocenters. The highest BCUT2D eigenvalue weighted by Crippen LogP contribution is 2.20. The van der Waals surface area contributed by atoms with Gasteiger partial charge >= 0.3 is 0 Å². The van der Waals surface area contributed by atoms with Gasteiger partial charge in [0.25, 0.3) is 0 Å². The Hall–Kier alpha value is -1.28. The van der Waals surface area contributed by atoms with Crippen LogP contribution in [0.3, 0.4) is 0 Å². The monoisotopic (exact) mass is 262 g/mol. The highest BCUT2D eigenvalue weighted by Gasteiger charge is 2.08. The van der Waals surface area contributed by atoms with Crippen molar-refractivity contribution in [1.82, 2.24) is 9.78 Å². The summed E-state index contributed by atoms with van der Waals surface area (Å²) in [6.45, 7) is 9.21. The van der Waals surface area contributed by atoms with Gasteiger partial charge in [0, 0.05) is 11.8 Å². The fraction of sp³-hybridized carbons (Fsp3) is 0.400. The fourth-order valence-electron chi connectivity index (χ4n) is 2.29. The van der Waals surface area contributed by atoms with Crippen molar-refractivity contribution in [1.29, 1.82) is 0 Å². The van der Waals surface area contributed by atoms with E-state index in [1.165, 1.54) is 22.3 Å². The number of rotatable bonds is 3. The van der Waals surface area contributed by atoms with Crippen molar-refractivity contribution in [2.45, 2.75) is 39.6 Å². The van der Waals surface area contributed by atoms with Crippen molar-refractivity contribution in [3.05, 3.63) is 52.3 Å². The molecule has 0 bridgehead atoms. The number of aryl methyl sites for hydroxylation is 3. The lowest BCUT2D eigenvalue weighted by molar-refractivity contribution is 0.680. The van der Waals surface area contributed by atoms with Gasteiger partial charge in [-0.2, -0.15) is 5.10 Å². The summed E-state index contributed by atoms with van der Waals surface area (Å²) in [7, 11) is 0. The van der Waals surface area contributed by atoms with Crippen LogP contribution in [0.1, 0.15) is 40.1 Å². The number of alkyl halides is 1. The number of aromatic nitrogens is 2. The van der Waals surface area contributed by atoms with Crippen molar-refractivity contribution in [3.63, 3.8) is 0 Å². The van der Waals surface area contributed by atoms with E-state index in [9.17, 15) is 0 Å². The Morgan fingerprint density at radius 1 is 1.22 bits per heavy atom. The van der Waals surface area contributed by atoms with Crippen LogP contribution in [0.4, 0.5) is 0 Å². The average molecular weight is 263 g/mol. The Morgan fingerprint density at radius 3 is 2.33 bits per heavy atom. The molecule has 2 aromatic rings. The van der Waals surface area contributed by atoms with E-state index in [0.29, 0.717) is 0 Å². The molecule has 0 saturated carbocycles. The van der Waals surface area contributed by atoms with Crippen LogP contribution < -0.4 is 0 Å². The summed E-state index contributed by atoms with van der Waals surface area (Å²) < 4.78 is 1.96. The molecule has 0 fully saturated rings. The van der Waals surface area contributed by atoms with Gasteiger partial charge in [0.05, 0.1) is 18.1 Å². The highest BCUT2D eigenvalue weighted by atomic mass is 35.5. The first-order valence-corrected chi connectivity index (χ1v) is 6.64. The molecule has 0 amide bonds. The topological polar surface area (TPSA) is 17.8 Å². The van der Waals surface area contributed by atoms with Gasteiger partial charge in [-0.15, -0.1) is 11.6 Å². The van der Waals surface area contributed by atoms with Gasteiger partial charge < -0.3 is 0 Å². The SMILES string of the molecule is Cc1cc(C)c(Cn2cc(C(C)Cl)cn2)c(C)c1. The molecule has 2 nitrogen and oxygen atoms in total. The van der Waals surface area contributed by atoms with Crippen molar-refractivity contribution >= 4 is 11.6 Å². The molecular formula is C15H19ClN2. The lowest BCUT2D eigenvalue weighted by Gasteiger charge is -2.11. The molecule has 0 spiro atoms. The molecule has 1 heterocycles. The number of hydrogen-bond donors (Lipinski definition) is 0. The van der Waals surface area contributed by atoms with Crippen LogP contribution in [0.2, 0.25) is 0 Å². The van der Waals surface area contributed by atoms with Gasteiger partial charge in [0.15, 0.2) is 0 Å². The first-order chi connectivity index (χ1) is 8.47. The molecule has 0 saturated heterocycles. The largest absolute Gasteiger partial charge is 0.268 e. The van der Waals surface area contributed by atoms with Gasteiger partial charge in [0.2, 0.25) is 0 Å². The first-order valence-electron chi connectivity index (χ1n) is 6.20. The van der Waals surface area contributed by atoms with Gasteiger partial charge in [-0.25, -0.2) is 0 Å². The molecule has 3 heteroatoms. The van der Waals surface area contributed by atoms with Crippen LogP contribution in [0.25, 0.3) is 0 Å². The summed E-state index contributed by atoms with van der Waals surface area (Å²) in [5.41, 5.74) is 6.37. The minimum Gasteiger partial charge on any atom is -0.268 e. The summed E-state index contributed by atoms with van der Waals surface area (Å²) in [6.07, 6.45) is 3.87. The van der Waals surface area contributed by atoms with Crippen molar-refractivity contribution in [3.8, 4) is 0 Å². The second kappa shape index (κ2) is 5.15. The Balaban J connectivity index is 2.28. The molecule has 1 aromatic carbocycles. The van der Waals surface area contributed by atoms with Crippen molar-refractivity contribution in [2.24, 2.45) is 0 Å². The molecule has 2 rings (SSSR count). The predicted molar refractivity (Wildman–Crippen MR) is 76.3 cm³/mol. The predicted octanol–water partition coefficient (Wildman–Crippen LogP) is 4.16. The van der Waals surface area contributed by atoms with E-state index >= 15 is 0 Å². The van der Waals surface area contributed by atoms with Gasteiger partial charge in [0.1, 0.15) is 0 Å². The lowest BCUT2D eigenvalue weighted by atomic mass is 10.00. The molecular weight excluding hydrogens is 244 g/mol.